The highest BCUT2D eigenvalue weighted by atomic mass is 79.9. The van der Waals surface area contributed by atoms with Crippen molar-refractivity contribution in [3.05, 3.63) is 22.4 Å². The summed E-state index contributed by atoms with van der Waals surface area (Å²) in [5.41, 5.74) is -0.312. The molecule has 1 aromatic heterocycles. The highest BCUT2D eigenvalue weighted by molar-refractivity contribution is 9.10. The van der Waals surface area contributed by atoms with Crippen molar-refractivity contribution < 1.29 is 19.9 Å². The third-order valence-electron chi connectivity index (χ3n) is 1.41. The van der Waals surface area contributed by atoms with Crippen molar-refractivity contribution in [1.82, 2.24) is 4.98 Å². The lowest BCUT2D eigenvalue weighted by Gasteiger charge is -2.03. The maximum atomic E-state index is 10.6. The van der Waals surface area contributed by atoms with E-state index in [4.69, 9.17) is 15.2 Å². The summed E-state index contributed by atoms with van der Waals surface area (Å²) in [5, 5.41) is 26.2. The van der Waals surface area contributed by atoms with Crippen LogP contribution in [0.5, 0.6) is 0 Å². The quantitative estimate of drug-likeness (QED) is 0.470. The number of aromatic nitrogens is 1. The maximum absolute atomic E-state index is 10.6. The van der Waals surface area contributed by atoms with Crippen LogP contribution in [0.2, 0.25) is 0 Å². The largest absolute Gasteiger partial charge is 0.490 e. The molecule has 1 heterocycles. The van der Waals surface area contributed by atoms with E-state index in [1.54, 1.807) is 0 Å². The summed E-state index contributed by atoms with van der Waals surface area (Å²) in [7, 11) is -1.83. The van der Waals surface area contributed by atoms with Crippen molar-refractivity contribution in [2.24, 2.45) is 0 Å². The molecule has 0 fully saturated rings. The van der Waals surface area contributed by atoms with Crippen LogP contribution < -0.4 is 5.46 Å². The SMILES string of the molecule is O=C(O)c1cc(Br)ncc1B(O)O. The van der Waals surface area contributed by atoms with Crippen LogP contribution in [0.3, 0.4) is 0 Å². The smallest absolute Gasteiger partial charge is 0.478 e. The Morgan fingerprint density at radius 3 is 2.62 bits per heavy atom. The third-order valence-corrected chi connectivity index (χ3v) is 1.84. The number of aromatic carboxylic acids is 1. The lowest BCUT2D eigenvalue weighted by molar-refractivity contribution is 0.0697. The first-order valence-electron chi connectivity index (χ1n) is 3.27. The highest BCUT2D eigenvalue weighted by Crippen LogP contribution is 2.06. The summed E-state index contributed by atoms with van der Waals surface area (Å²) in [6.45, 7) is 0. The number of carboxylic acids is 1. The molecule has 1 rings (SSSR count). The van der Waals surface area contributed by atoms with E-state index in [2.05, 4.69) is 20.9 Å². The first kappa shape index (κ1) is 10.2. The minimum atomic E-state index is -1.83. The molecular weight excluding hydrogens is 241 g/mol. The fourth-order valence-electron chi connectivity index (χ4n) is 0.831. The molecule has 1 aromatic rings. The molecule has 0 aliphatic heterocycles. The van der Waals surface area contributed by atoms with Gasteiger partial charge in [0.15, 0.2) is 0 Å². The molecule has 0 aromatic carbocycles. The van der Waals surface area contributed by atoms with Gasteiger partial charge in [0.05, 0.1) is 5.56 Å². The van der Waals surface area contributed by atoms with E-state index in [0.717, 1.165) is 6.20 Å². The van der Waals surface area contributed by atoms with Crippen molar-refractivity contribution in [3.63, 3.8) is 0 Å². The standard InChI is InChI=1S/C6H5BBrNO4/c8-5-1-3(6(10)11)4(2-9-5)7(12)13/h1-2,12-13H,(H,10,11). The van der Waals surface area contributed by atoms with E-state index >= 15 is 0 Å². The van der Waals surface area contributed by atoms with Crippen LogP contribution in [0.15, 0.2) is 16.9 Å². The van der Waals surface area contributed by atoms with Gasteiger partial charge in [-0.05, 0) is 22.0 Å². The maximum Gasteiger partial charge on any atom is 0.490 e. The summed E-state index contributed by atoms with van der Waals surface area (Å²) in [6, 6.07) is 1.21. The van der Waals surface area contributed by atoms with Gasteiger partial charge in [-0.2, -0.15) is 0 Å². The molecule has 0 atom stereocenters. The van der Waals surface area contributed by atoms with Gasteiger partial charge in [-0.15, -0.1) is 0 Å². The van der Waals surface area contributed by atoms with E-state index < -0.39 is 13.1 Å². The van der Waals surface area contributed by atoms with Gasteiger partial charge in [0.2, 0.25) is 0 Å². The van der Waals surface area contributed by atoms with E-state index in [-0.39, 0.29) is 11.0 Å². The van der Waals surface area contributed by atoms with Gasteiger partial charge in [0.1, 0.15) is 4.60 Å². The Bertz CT molecular complexity index is 343. The predicted octanol–water partition coefficient (Wildman–Crippen LogP) is -0.778. The number of halogens is 1. The number of hydrogen-bond acceptors (Lipinski definition) is 4. The van der Waals surface area contributed by atoms with Gasteiger partial charge in [0, 0.05) is 11.7 Å². The Morgan fingerprint density at radius 2 is 2.15 bits per heavy atom. The van der Waals surface area contributed by atoms with Gasteiger partial charge < -0.3 is 15.2 Å². The van der Waals surface area contributed by atoms with Crippen molar-refractivity contribution in [2.75, 3.05) is 0 Å². The van der Waals surface area contributed by atoms with Crippen LogP contribution in [0, 0.1) is 0 Å². The van der Waals surface area contributed by atoms with Crippen molar-refractivity contribution in [2.45, 2.75) is 0 Å². The molecule has 0 amide bonds. The molecular formula is C6H5BBrNO4. The second-order valence-electron chi connectivity index (χ2n) is 2.27. The predicted molar refractivity (Wildman–Crippen MR) is 48.7 cm³/mol. The highest BCUT2D eigenvalue weighted by Gasteiger charge is 2.20. The number of hydrogen-bond donors (Lipinski definition) is 3. The van der Waals surface area contributed by atoms with Gasteiger partial charge in [-0.1, -0.05) is 0 Å². The van der Waals surface area contributed by atoms with Gasteiger partial charge >= 0.3 is 13.1 Å². The third kappa shape index (κ3) is 2.27. The van der Waals surface area contributed by atoms with E-state index in [1.807, 2.05) is 0 Å². The first-order chi connectivity index (χ1) is 6.02. The molecule has 7 heteroatoms. The van der Waals surface area contributed by atoms with Gasteiger partial charge in [-0.3, -0.25) is 0 Å². The van der Waals surface area contributed by atoms with Crippen molar-refractivity contribution in [1.29, 1.82) is 0 Å². The summed E-state index contributed by atoms with van der Waals surface area (Å²) < 4.78 is 0.328. The van der Waals surface area contributed by atoms with Gasteiger partial charge in [0.25, 0.3) is 0 Å². The lowest BCUT2D eigenvalue weighted by atomic mass is 9.78. The van der Waals surface area contributed by atoms with E-state index in [1.165, 1.54) is 6.07 Å². The lowest BCUT2D eigenvalue weighted by Crippen LogP contribution is -2.35. The van der Waals surface area contributed by atoms with E-state index in [9.17, 15) is 4.79 Å². The molecule has 3 N–H and O–H groups in total. The zero-order valence-electron chi connectivity index (χ0n) is 6.31. The summed E-state index contributed by atoms with van der Waals surface area (Å²) in [6.07, 6.45) is 1.10. The fourth-order valence-corrected chi connectivity index (χ4v) is 1.16. The molecule has 68 valence electrons. The number of nitrogens with zero attached hydrogens (tertiary/aromatic N) is 1. The summed E-state index contributed by atoms with van der Waals surface area (Å²) in [5.74, 6) is -1.23. The number of carboxylic acid groups (broad SMARTS) is 1. The molecule has 0 spiro atoms. The van der Waals surface area contributed by atoms with Crippen LogP contribution in [-0.4, -0.2) is 33.2 Å². The summed E-state index contributed by atoms with van der Waals surface area (Å²) in [4.78, 5) is 14.3. The fraction of sp³-hybridized carbons (Fsp3) is 0. The summed E-state index contributed by atoms with van der Waals surface area (Å²) >= 11 is 2.98. The second kappa shape index (κ2) is 3.86. The molecule has 0 unspecified atom stereocenters. The normalized spacial score (nSPS) is 9.77. The second-order valence-corrected chi connectivity index (χ2v) is 3.09. The Kier molecular flexibility index (Phi) is 3.02. The Balaban J connectivity index is 3.27. The Morgan fingerprint density at radius 1 is 1.54 bits per heavy atom. The molecule has 0 saturated carbocycles. The van der Waals surface area contributed by atoms with Crippen LogP contribution in [0.25, 0.3) is 0 Å². The molecule has 0 aliphatic carbocycles. The van der Waals surface area contributed by atoms with Gasteiger partial charge in [-0.25, -0.2) is 9.78 Å². The van der Waals surface area contributed by atoms with Crippen molar-refractivity contribution >= 4 is 34.5 Å². The van der Waals surface area contributed by atoms with Crippen LogP contribution >= 0.6 is 15.9 Å². The average Bonchev–Trinajstić information content (AvgIpc) is 2.03. The molecule has 0 bridgehead atoms. The zero-order valence-corrected chi connectivity index (χ0v) is 7.89. The molecule has 13 heavy (non-hydrogen) atoms. The number of rotatable bonds is 2. The minimum absolute atomic E-state index is 0.129. The Labute approximate surface area is 82.3 Å². The topological polar surface area (TPSA) is 90.7 Å². The number of pyridine rings is 1. The minimum Gasteiger partial charge on any atom is -0.478 e. The zero-order chi connectivity index (χ0) is 10.0. The van der Waals surface area contributed by atoms with E-state index in [0.29, 0.717) is 4.60 Å². The molecule has 5 nitrogen and oxygen atoms in total. The van der Waals surface area contributed by atoms with Crippen LogP contribution in [-0.2, 0) is 0 Å². The molecule has 0 aliphatic rings. The monoisotopic (exact) mass is 245 g/mol. The number of carbonyl (C=O) groups is 1. The Hall–Kier alpha value is -0.915. The first-order valence-corrected chi connectivity index (χ1v) is 4.06. The molecule has 0 radical (unpaired) electrons. The van der Waals surface area contributed by atoms with Crippen LogP contribution in [0.4, 0.5) is 0 Å². The van der Waals surface area contributed by atoms with Crippen LogP contribution in [0.1, 0.15) is 10.4 Å². The van der Waals surface area contributed by atoms with Crippen molar-refractivity contribution in [3.8, 4) is 0 Å². The molecule has 0 saturated heterocycles. The average molecular weight is 246 g/mol.